The Kier molecular flexibility index (Phi) is 39.9. The minimum absolute atomic E-state index is 0. The molecule has 94 valence electrons. The molecule has 0 aromatic carbocycles. The molecule has 0 spiro atoms. The van der Waals surface area contributed by atoms with Gasteiger partial charge in [-0.1, -0.05) is 48.0 Å². The first kappa shape index (κ1) is 26.4. The standard InChI is InChI=1S/C4H8N2S4.2CH2NS.Zn/c5-3(7)9-1-2-10-4(6)8;2*2-1-3;/h1-2H2,(H2,5,7)(H2,6,8);2*(H2,2,3);/q;2*-1;+2. The van der Waals surface area contributed by atoms with Gasteiger partial charge in [0.05, 0.1) is 0 Å². The molecule has 0 atom stereocenters. The second kappa shape index (κ2) is 25.7. The minimum Gasteiger partial charge on any atom is -0.570 e. The van der Waals surface area contributed by atoms with E-state index in [0.717, 1.165) is 11.5 Å². The van der Waals surface area contributed by atoms with Crippen LogP contribution in [-0.4, -0.2) is 31.1 Å². The number of rotatable bonds is 3. The summed E-state index contributed by atoms with van der Waals surface area (Å²) in [7, 11) is 0. The quantitative estimate of drug-likeness (QED) is 0.177. The summed E-state index contributed by atoms with van der Waals surface area (Å²) >= 11 is 20.0. The largest absolute Gasteiger partial charge is 2.00 e. The summed E-state index contributed by atoms with van der Waals surface area (Å²) < 4.78 is 0.951. The number of thiocarbonyl (C=S) groups is 4. The van der Waals surface area contributed by atoms with E-state index in [-0.39, 0.29) is 19.5 Å². The van der Waals surface area contributed by atoms with Crippen molar-refractivity contribution in [2.24, 2.45) is 22.9 Å². The normalized spacial score (nSPS) is 6.82. The van der Waals surface area contributed by atoms with Gasteiger partial charge in [0.15, 0.2) is 0 Å². The van der Waals surface area contributed by atoms with Gasteiger partial charge in [0.25, 0.3) is 0 Å². The SMILES string of the molecule is NC(=S)SCCSC(N)=S.N[C-]=S.N[C-]=S.[Zn+2]. The fraction of sp³-hybridized carbons (Fsp3) is 0.333. The molecule has 0 aliphatic rings. The molecule has 0 aromatic rings. The van der Waals surface area contributed by atoms with Crippen LogP contribution in [0.15, 0.2) is 0 Å². The summed E-state index contributed by atoms with van der Waals surface area (Å²) in [5.41, 5.74) is 23.0. The number of hydrogen-bond acceptors (Lipinski definition) is 6. The summed E-state index contributed by atoms with van der Waals surface area (Å²) in [6.07, 6.45) is 0. The Hall–Kier alpha value is 0.883. The van der Waals surface area contributed by atoms with Gasteiger partial charge in [-0.2, -0.15) is 0 Å². The van der Waals surface area contributed by atoms with Gasteiger partial charge in [-0.05, 0) is 0 Å². The maximum atomic E-state index is 5.23. The molecule has 0 bridgehead atoms. The van der Waals surface area contributed by atoms with E-state index in [1.807, 2.05) is 11.0 Å². The van der Waals surface area contributed by atoms with Crippen LogP contribution in [0.2, 0.25) is 0 Å². The van der Waals surface area contributed by atoms with Crippen LogP contribution in [0, 0.1) is 0 Å². The Bertz CT molecular complexity index is 193. The van der Waals surface area contributed by atoms with Crippen molar-refractivity contribution in [1.82, 2.24) is 0 Å². The monoisotopic (exact) mass is 396 g/mol. The van der Waals surface area contributed by atoms with Crippen molar-refractivity contribution in [3.63, 3.8) is 0 Å². The van der Waals surface area contributed by atoms with Crippen molar-refractivity contribution in [3.8, 4) is 0 Å². The van der Waals surface area contributed by atoms with Crippen LogP contribution in [-0.2, 0) is 19.5 Å². The third-order valence-corrected chi connectivity index (χ3v) is 2.92. The van der Waals surface area contributed by atoms with E-state index in [9.17, 15) is 0 Å². The van der Waals surface area contributed by atoms with E-state index in [1.165, 1.54) is 23.5 Å². The summed E-state index contributed by atoms with van der Waals surface area (Å²) in [5.74, 6) is 1.74. The summed E-state index contributed by atoms with van der Waals surface area (Å²) in [6, 6.07) is 0. The second-order valence-corrected chi connectivity index (χ2v) is 5.71. The molecule has 0 unspecified atom stereocenters. The third-order valence-electron chi connectivity index (χ3n) is 0.572. The van der Waals surface area contributed by atoms with E-state index < -0.39 is 0 Å². The van der Waals surface area contributed by atoms with Crippen LogP contribution in [0.4, 0.5) is 0 Å². The molecule has 0 radical (unpaired) electrons. The van der Waals surface area contributed by atoms with Gasteiger partial charge in [-0.15, -0.1) is 0 Å². The molecular formula is C6H12N4S6Zn. The van der Waals surface area contributed by atoms with Gasteiger partial charge in [0, 0.05) is 11.5 Å². The predicted molar refractivity (Wildman–Crippen MR) is 92.1 cm³/mol. The molecule has 0 rings (SSSR count). The molecule has 0 fully saturated rings. The van der Waals surface area contributed by atoms with Crippen molar-refractivity contribution in [3.05, 3.63) is 0 Å². The summed E-state index contributed by atoms with van der Waals surface area (Å²) in [5, 5.41) is 0. The molecule has 0 aliphatic carbocycles. The molecule has 0 saturated heterocycles. The number of nitrogens with two attached hydrogens (primary N) is 4. The Balaban J connectivity index is -0.000000102. The maximum Gasteiger partial charge on any atom is 2.00 e. The molecule has 0 aliphatic heterocycles. The maximum absolute atomic E-state index is 5.23. The van der Waals surface area contributed by atoms with Crippen LogP contribution in [0.25, 0.3) is 0 Å². The Morgan fingerprint density at radius 1 is 0.882 bits per heavy atom. The summed E-state index contributed by atoms with van der Waals surface area (Å²) in [6.45, 7) is 0. The van der Waals surface area contributed by atoms with Gasteiger partial charge in [-0.25, -0.2) is 0 Å². The fourth-order valence-electron chi connectivity index (χ4n) is 0.285. The zero-order valence-electron chi connectivity index (χ0n) is 8.88. The van der Waals surface area contributed by atoms with Crippen LogP contribution >= 0.6 is 72.4 Å². The van der Waals surface area contributed by atoms with Gasteiger partial charge in [-0.3, -0.25) is 0 Å². The van der Waals surface area contributed by atoms with E-state index in [0.29, 0.717) is 8.64 Å². The number of thioether (sulfide) groups is 2. The van der Waals surface area contributed by atoms with Crippen molar-refractivity contribution < 1.29 is 19.5 Å². The molecular weight excluding hydrogens is 386 g/mol. The van der Waals surface area contributed by atoms with E-state index in [4.69, 9.17) is 11.5 Å². The van der Waals surface area contributed by atoms with E-state index in [2.05, 4.69) is 60.3 Å². The third kappa shape index (κ3) is 60.2. The molecule has 0 aromatic heterocycles. The average molecular weight is 398 g/mol. The zero-order chi connectivity index (χ0) is 13.4. The topological polar surface area (TPSA) is 104 Å². The molecule has 0 saturated carbocycles. The first-order valence-corrected chi connectivity index (χ1v) is 7.06. The predicted octanol–water partition coefficient (Wildman–Crippen LogP) is 0.496. The average Bonchev–Trinajstić information content (AvgIpc) is 2.14. The van der Waals surface area contributed by atoms with Crippen molar-refractivity contribution >= 4 is 92.0 Å². The van der Waals surface area contributed by atoms with E-state index >= 15 is 0 Å². The molecule has 17 heavy (non-hydrogen) atoms. The zero-order valence-corrected chi connectivity index (χ0v) is 16.7. The van der Waals surface area contributed by atoms with E-state index in [1.54, 1.807) is 0 Å². The first-order chi connectivity index (χ1) is 7.45. The number of hydrogen-bond donors (Lipinski definition) is 4. The molecule has 8 N–H and O–H groups in total. The van der Waals surface area contributed by atoms with Gasteiger partial charge >= 0.3 is 19.5 Å². The molecule has 11 heteroatoms. The van der Waals surface area contributed by atoms with Crippen LogP contribution < -0.4 is 22.9 Å². The fourth-order valence-corrected chi connectivity index (χ4v) is 1.85. The van der Waals surface area contributed by atoms with Gasteiger partial charge < -0.3 is 58.4 Å². The smallest absolute Gasteiger partial charge is 0.570 e. The Morgan fingerprint density at radius 2 is 1.06 bits per heavy atom. The first-order valence-electron chi connectivity index (χ1n) is 3.46. The van der Waals surface area contributed by atoms with Crippen molar-refractivity contribution in [2.75, 3.05) is 11.5 Å². The Labute approximate surface area is 144 Å². The van der Waals surface area contributed by atoms with Crippen LogP contribution in [0.1, 0.15) is 0 Å². The van der Waals surface area contributed by atoms with Crippen LogP contribution in [0.3, 0.4) is 0 Å². The Morgan fingerprint density at radius 3 is 1.18 bits per heavy atom. The molecule has 4 nitrogen and oxygen atoms in total. The molecule has 0 heterocycles. The van der Waals surface area contributed by atoms with Gasteiger partial charge in [0.1, 0.15) is 8.64 Å². The van der Waals surface area contributed by atoms with Gasteiger partial charge in [0.2, 0.25) is 0 Å². The van der Waals surface area contributed by atoms with Crippen molar-refractivity contribution in [2.45, 2.75) is 0 Å². The minimum atomic E-state index is 0. The second-order valence-electron chi connectivity index (χ2n) is 1.57. The van der Waals surface area contributed by atoms with Crippen molar-refractivity contribution in [1.29, 1.82) is 0 Å². The molecule has 0 amide bonds. The van der Waals surface area contributed by atoms with Crippen LogP contribution in [0.5, 0.6) is 0 Å². The summed E-state index contributed by atoms with van der Waals surface area (Å²) in [4.78, 5) is 0.